The first kappa shape index (κ1) is 13.4. The highest BCUT2D eigenvalue weighted by molar-refractivity contribution is 5.91. The van der Waals surface area contributed by atoms with E-state index in [1.54, 1.807) is 0 Å². The fraction of sp³-hybridized carbons (Fsp3) is 0.471. The van der Waals surface area contributed by atoms with Crippen LogP contribution in [0.1, 0.15) is 18.5 Å². The van der Waals surface area contributed by atoms with Gasteiger partial charge in [-0.3, -0.25) is 4.98 Å². The van der Waals surface area contributed by atoms with E-state index in [2.05, 4.69) is 59.5 Å². The van der Waals surface area contributed by atoms with Crippen LogP contribution in [-0.4, -0.2) is 36.6 Å². The van der Waals surface area contributed by atoms with Crippen molar-refractivity contribution in [2.24, 2.45) is 5.92 Å². The molecule has 0 saturated carbocycles. The number of para-hydroxylation sites is 1. The van der Waals surface area contributed by atoms with Crippen LogP contribution in [0.3, 0.4) is 0 Å². The van der Waals surface area contributed by atoms with Crippen molar-refractivity contribution in [3.63, 3.8) is 0 Å². The molecular formula is C17H23N3. The smallest absolute Gasteiger partial charge is 0.0725 e. The minimum atomic E-state index is 0.790. The number of nitrogens with zero attached hydrogens (tertiary/aromatic N) is 2. The molecule has 3 nitrogen and oxygen atoms in total. The van der Waals surface area contributed by atoms with Gasteiger partial charge in [-0.25, -0.2) is 0 Å². The fourth-order valence-corrected chi connectivity index (χ4v) is 2.97. The maximum Gasteiger partial charge on any atom is 0.0725 e. The van der Waals surface area contributed by atoms with Gasteiger partial charge in [-0.2, -0.15) is 0 Å². The second-order valence-electron chi connectivity index (χ2n) is 5.96. The normalized spacial score (nSPS) is 17.5. The van der Waals surface area contributed by atoms with Crippen LogP contribution in [0.25, 0.3) is 10.9 Å². The lowest BCUT2D eigenvalue weighted by Crippen LogP contribution is -2.32. The number of fused-ring (bicyclic) bond motifs is 1. The topological polar surface area (TPSA) is 28.2 Å². The Bertz CT molecular complexity index is 586. The Morgan fingerprint density at radius 2 is 2.00 bits per heavy atom. The lowest BCUT2D eigenvalue weighted by molar-refractivity contribution is 0.226. The van der Waals surface area contributed by atoms with Gasteiger partial charge in [-0.15, -0.1) is 0 Å². The molecular weight excluding hydrogens is 246 g/mol. The summed E-state index contributed by atoms with van der Waals surface area (Å²) in [5, 5.41) is 4.88. The van der Waals surface area contributed by atoms with Crippen LogP contribution in [0.2, 0.25) is 0 Å². The Morgan fingerprint density at radius 3 is 2.80 bits per heavy atom. The summed E-state index contributed by atoms with van der Waals surface area (Å²) in [6.07, 6.45) is 2.59. The molecule has 0 radical (unpaired) electrons. The fourth-order valence-electron chi connectivity index (χ4n) is 2.97. The number of nitrogens with one attached hydrogen (secondary N) is 1. The quantitative estimate of drug-likeness (QED) is 0.926. The maximum absolute atomic E-state index is 4.59. The van der Waals surface area contributed by atoms with E-state index in [0.717, 1.165) is 23.7 Å². The average Bonchev–Trinajstić information content (AvgIpc) is 2.46. The molecule has 0 amide bonds. The maximum atomic E-state index is 4.59. The van der Waals surface area contributed by atoms with Crippen molar-refractivity contribution in [2.45, 2.75) is 19.8 Å². The monoisotopic (exact) mass is 269 g/mol. The molecule has 0 atom stereocenters. The van der Waals surface area contributed by atoms with Gasteiger partial charge in [0.2, 0.25) is 0 Å². The van der Waals surface area contributed by atoms with Crippen molar-refractivity contribution >= 4 is 16.6 Å². The first-order valence-corrected chi connectivity index (χ1v) is 7.51. The second-order valence-corrected chi connectivity index (χ2v) is 5.96. The van der Waals surface area contributed by atoms with Gasteiger partial charge in [0.15, 0.2) is 0 Å². The molecule has 106 valence electrons. The zero-order chi connectivity index (χ0) is 13.9. The van der Waals surface area contributed by atoms with Gasteiger partial charge in [0.1, 0.15) is 0 Å². The summed E-state index contributed by atoms with van der Waals surface area (Å²) in [7, 11) is 2.21. The molecule has 0 unspecified atom stereocenters. The van der Waals surface area contributed by atoms with E-state index in [1.165, 1.54) is 37.0 Å². The van der Waals surface area contributed by atoms with Crippen LogP contribution < -0.4 is 5.32 Å². The number of hydrogen-bond donors (Lipinski definition) is 1. The summed E-state index contributed by atoms with van der Waals surface area (Å²) in [6, 6.07) is 10.5. The van der Waals surface area contributed by atoms with Crippen molar-refractivity contribution in [1.82, 2.24) is 9.88 Å². The van der Waals surface area contributed by atoms with Gasteiger partial charge < -0.3 is 10.2 Å². The predicted molar refractivity (Wildman–Crippen MR) is 85.2 cm³/mol. The van der Waals surface area contributed by atoms with Gasteiger partial charge >= 0.3 is 0 Å². The van der Waals surface area contributed by atoms with Crippen molar-refractivity contribution in [1.29, 1.82) is 0 Å². The molecule has 1 saturated heterocycles. The Labute approximate surface area is 121 Å². The van der Waals surface area contributed by atoms with E-state index in [1.807, 2.05) is 0 Å². The van der Waals surface area contributed by atoms with Gasteiger partial charge in [-0.1, -0.05) is 18.2 Å². The standard InChI is InChI=1S/C17H23N3/c1-13-11-17(15-5-3-4-6-16(15)19-13)18-12-14-7-9-20(2)10-8-14/h3-6,11,14H,7-10,12H2,1-2H3,(H,18,19). The summed E-state index contributed by atoms with van der Waals surface area (Å²) < 4.78 is 0. The van der Waals surface area contributed by atoms with Crippen LogP contribution in [0.4, 0.5) is 5.69 Å². The average molecular weight is 269 g/mol. The lowest BCUT2D eigenvalue weighted by Gasteiger charge is -2.29. The number of pyridine rings is 1. The Kier molecular flexibility index (Phi) is 3.88. The minimum absolute atomic E-state index is 0.790. The molecule has 1 fully saturated rings. The number of anilines is 1. The number of piperidine rings is 1. The number of hydrogen-bond acceptors (Lipinski definition) is 3. The van der Waals surface area contributed by atoms with E-state index in [-0.39, 0.29) is 0 Å². The largest absolute Gasteiger partial charge is 0.384 e. The van der Waals surface area contributed by atoms with Crippen LogP contribution in [0.5, 0.6) is 0 Å². The van der Waals surface area contributed by atoms with Crippen molar-refractivity contribution in [2.75, 3.05) is 32.0 Å². The Hall–Kier alpha value is -1.61. The number of aromatic nitrogens is 1. The molecule has 3 heteroatoms. The third-order valence-electron chi connectivity index (χ3n) is 4.26. The molecule has 2 heterocycles. The molecule has 0 spiro atoms. The summed E-state index contributed by atoms with van der Waals surface area (Å²) in [5.74, 6) is 0.790. The zero-order valence-corrected chi connectivity index (χ0v) is 12.4. The first-order chi connectivity index (χ1) is 9.72. The highest BCUT2D eigenvalue weighted by atomic mass is 15.1. The molecule has 2 aromatic rings. The molecule has 0 bridgehead atoms. The molecule has 0 aliphatic carbocycles. The van der Waals surface area contributed by atoms with E-state index in [0.29, 0.717) is 0 Å². The van der Waals surface area contributed by atoms with E-state index in [4.69, 9.17) is 0 Å². The summed E-state index contributed by atoms with van der Waals surface area (Å²) in [6.45, 7) is 5.58. The Balaban J connectivity index is 1.74. The zero-order valence-electron chi connectivity index (χ0n) is 12.4. The van der Waals surface area contributed by atoms with Crippen LogP contribution in [0, 0.1) is 12.8 Å². The number of aryl methyl sites for hydroxylation is 1. The van der Waals surface area contributed by atoms with Gasteiger partial charge in [0.05, 0.1) is 5.52 Å². The summed E-state index contributed by atoms with van der Waals surface area (Å²) in [4.78, 5) is 7.01. The third kappa shape index (κ3) is 2.93. The van der Waals surface area contributed by atoms with E-state index in [9.17, 15) is 0 Å². The number of benzene rings is 1. The predicted octanol–water partition coefficient (Wildman–Crippen LogP) is 3.30. The highest BCUT2D eigenvalue weighted by Crippen LogP contribution is 2.24. The molecule has 3 rings (SSSR count). The van der Waals surface area contributed by atoms with Gasteiger partial charge in [0, 0.05) is 23.3 Å². The molecule has 1 N–H and O–H groups in total. The first-order valence-electron chi connectivity index (χ1n) is 7.51. The van der Waals surface area contributed by atoms with Gasteiger partial charge in [0.25, 0.3) is 0 Å². The SMILES string of the molecule is Cc1cc(NCC2CCN(C)CC2)c2ccccc2n1. The number of likely N-dealkylation sites (tertiary alicyclic amines) is 1. The van der Waals surface area contributed by atoms with E-state index >= 15 is 0 Å². The highest BCUT2D eigenvalue weighted by Gasteiger charge is 2.16. The van der Waals surface area contributed by atoms with Gasteiger partial charge in [-0.05, 0) is 58.0 Å². The summed E-state index contributed by atoms with van der Waals surface area (Å²) in [5.41, 5.74) is 3.39. The molecule has 1 aliphatic rings. The van der Waals surface area contributed by atoms with Crippen LogP contribution >= 0.6 is 0 Å². The number of rotatable bonds is 3. The molecule has 20 heavy (non-hydrogen) atoms. The van der Waals surface area contributed by atoms with Crippen molar-refractivity contribution < 1.29 is 0 Å². The third-order valence-corrected chi connectivity index (χ3v) is 4.26. The van der Waals surface area contributed by atoms with Crippen LogP contribution in [0.15, 0.2) is 30.3 Å². The second kappa shape index (κ2) is 5.80. The van der Waals surface area contributed by atoms with E-state index < -0.39 is 0 Å². The lowest BCUT2D eigenvalue weighted by atomic mass is 9.97. The Morgan fingerprint density at radius 1 is 1.25 bits per heavy atom. The molecule has 1 aliphatic heterocycles. The van der Waals surface area contributed by atoms with Crippen molar-refractivity contribution in [3.8, 4) is 0 Å². The molecule has 1 aromatic carbocycles. The minimum Gasteiger partial charge on any atom is -0.384 e. The molecule has 1 aromatic heterocycles. The van der Waals surface area contributed by atoms with Crippen LogP contribution in [-0.2, 0) is 0 Å². The van der Waals surface area contributed by atoms with Crippen molar-refractivity contribution in [3.05, 3.63) is 36.0 Å². The summed E-state index contributed by atoms with van der Waals surface area (Å²) >= 11 is 0.